The monoisotopic (exact) mass is 296 g/mol. The Morgan fingerprint density at radius 1 is 1.19 bits per heavy atom. The molecule has 9 heteroatoms. The van der Waals surface area contributed by atoms with Crippen molar-refractivity contribution >= 4 is 16.7 Å². The first kappa shape index (κ1) is 13.4. The summed E-state index contributed by atoms with van der Waals surface area (Å²) in [6.45, 7) is 0.345. The van der Waals surface area contributed by atoms with Crippen molar-refractivity contribution in [1.82, 2.24) is 24.5 Å². The molecule has 1 aromatic carbocycles. The van der Waals surface area contributed by atoms with Gasteiger partial charge in [-0.15, -0.1) is 5.10 Å². The highest BCUT2D eigenvalue weighted by atomic mass is 19.4. The zero-order valence-corrected chi connectivity index (χ0v) is 10.7. The highest BCUT2D eigenvalue weighted by Crippen LogP contribution is 2.32. The number of rotatable bonds is 3. The van der Waals surface area contributed by atoms with Crippen LogP contribution in [0.2, 0.25) is 0 Å². The second-order valence-corrected chi connectivity index (χ2v) is 4.50. The Bertz CT molecular complexity index is 759. The van der Waals surface area contributed by atoms with Crippen molar-refractivity contribution in [2.45, 2.75) is 19.3 Å². The number of nitrogens with two attached hydrogens (primary N) is 1. The Labute approximate surface area is 117 Å². The molecule has 0 atom stereocenters. The third-order valence-electron chi connectivity index (χ3n) is 3.05. The minimum atomic E-state index is -4.53. The minimum absolute atomic E-state index is 0.0820. The number of alkyl halides is 3. The van der Waals surface area contributed by atoms with Crippen LogP contribution < -0.4 is 5.73 Å². The molecular weight excluding hydrogens is 285 g/mol. The molecule has 3 rings (SSSR count). The number of nitrogen functional groups attached to an aromatic ring is 1. The van der Waals surface area contributed by atoms with Gasteiger partial charge in [-0.3, -0.25) is 4.68 Å². The summed E-state index contributed by atoms with van der Waals surface area (Å²) in [5.41, 5.74) is 6.57. The zero-order chi connectivity index (χ0) is 15.0. The standard InChI is InChI=1S/C12H11F3N6/c13-12(14,15)11-18-9-7-8(16)1-2-10(9)21(11)6-5-20-4-3-17-19-20/h1-4,7H,5-6,16H2. The lowest BCUT2D eigenvalue weighted by Crippen LogP contribution is -2.17. The molecule has 21 heavy (non-hydrogen) atoms. The van der Waals surface area contributed by atoms with Crippen molar-refractivity contribution in [3.63, 3.8) is 0 Å². The van der Waals surface area contributed by atoms with Crippen LogP contribution in [-0.2, 0) is 19.3 Å². The van der Waals surface area contributed by atoms with Crippen LogP contribution in [0.4, 0.5) is 18.9 Å². The Balaban J connectivity index is 2.05. The van der Waals surface area contributed by atoms with Gasteiger partial charge in [-0.25, -0.2) is 4.98 Å². The third-order valence-corrected chi connectivity index (χ3v) is 3.05. The van der Waals surface area contributed by atoms with E-state index in [1.807, 2.05) is 0 Å². The van der Waals surface area contributed by atoms with Gasteiger partial charge >= 0.3 is 6.18 Å². The van der Waals surface area contributed by atoms with Crippen molar-refractivity contribution in [3.05, 3.63) is 36.4 Å². The van der Waals surface area contributed by atoms with Crippen LogP contribution in [0.15, 0.2) is 30.6 Å². The number of halogens is 3. The molecule has 6 nitrogen and oxygen atoms in total. The molecule has 0 saturated carbocycles. The van der Waals surface area contributed by atoms with E-state index in [9.17, 15) is 13.2 Å². The molecule has 0 aliphatic heterocycles. The molecule has 2 aromatic heterocycles. The van der Waals surface area contributed by atoms with Crippen LogP contribution in [0.5, 0.6) is 0 Å². The maximum Gasteiger partial charge on any atom is 0.449 e. The number of benzene rings is 1. The van der Waals surface area contributed by atoms with Gasteiger partial charge in [-0.1, -0.05) is 5.21 Å². The van der Waals surface area contributed by atoms with Crippen molar-refractivity contribution in [2.24, 2.45) is 0 Å². The van der Waals surface area contributed by atoms with E-state index in [1.165, 1.54) is 23.0 Å². The van der Waals surface area contributed by atoms with Gasteiger partial charge in [-0.2, -0.15) is 13.2 Å². The summed E-state index contributed by atoms with van der Waals surface area (Å²) < 4.78 is 41.9. The normalized spacial score (nSPS) is 12.1. The van der Waals surface area contributed by atoms with Crippen LogP contribution in [0.1, 0.15) is 5.82 Å². The predicted molar refractivity (Wildman–Crippen MR) is 69.2 cm³/mol. The van der Waals surface area contributed by atoms with Gasteiger partial charge in [0.15, 0.2) is 0 Å². The van der Waals surface area contributed by atoms with Gasteiger partial charge in [0, 0.05) is 18.4 Å². The molecule has 3 aromatic rings. The van der Waals surface area contributed by atoms with Gasteiger partial charge in [0.05, 0.1) is 23.8 Å². The van der Waals surface area contributed by atoms with Crippen molar-refractivity contribution < 1.29 is 13.2 Å². The fourth-order valence-electron chi connectivity index (χ4n) is 2.14. The third kappa shape index (κ3) is 2.54. The molecule has 0 amide bonds. The molecule has 0 radical (unpaired) electrons. The first-order valence-electron chi connectivity index (χ1n) is 6.12. The average Bonchev–Trinajstić information content (AvgIpc) is 3.01. The van der Waals surface area contributed by atoms with Crippen LogP contribution in [0.25, 0.3) is 11.0 Å². The van der Waals surface area contributed by atoms with Gasteiger partial charge in [0.1, 0.15) is 0 Å². The zero-order valence-electron chi connectivity index (χ0n) is 10.7. The maximum atomic E-state index is 13.1. The summed E-state index contributed by atoms with van der Waals surface area (Å²) in [7, 11) is 0. The lowest BCUT2D eigenvalue weighted by Gasteiger charge is -2.11. The van der Waals surface area contributed by atoms with Crippen LogP contribution >= 0.6 is 0 Å². The molecule has 2 N–H and O–H groups in total. The number of hydrogen-bond donors (Lipinski definition) is 1. The SMILES string of the molecule is Nc1ccc2c(c1)nc(C(F)(F)F)n2CCn1ccnn1. The molecule has 0 aliphatic rings. The number of hydrogen-bond acceptors (Lipinski definition) is 4. The molecule has 0 bridgehead atoms. The summed E-state index contributed by atoms with van der Waals surface area (Å²) in [6.07, 6.45) is -1.47. The van der Waals surface area contributed by atoms with E-state index < -0.39 is 12.0 Å². The van der Waals surface area contributed by atoms with E-state index in [4.69, 9.17) is 5.73 Å². The van der Waals surface area contributed by atoms with Gasteiger partial charge < -0.3 is 10.3 Å². The Morgan fingerprint density at radius 2 is 2.00 bits per heavy atom. The molecule has 2 heterocycles. The van der Waals surface area contributed by atoms with E-state index >= 15 is 0 Å². The number of anilines is 1. The predicted octanol–water partition coefficient (Wildman–Crippen LogP) is 1.93. The smallest absolute Gasteiger partial charge is 0.399 e. The number of aromatic nitrogens is 5. The van der Waals surface area contributed by atoms with Gasteiger partial charge in [-0.05, 0) is 18.2 Å². The fraction of sp³-hybridized carbons (Fsp3) is 0.250. The highest BCUT2D eigenvalue weighted by Gasteiger charge is 2.37. The molecule has 0 spiro atoms. The number of aryl methyl sites for hydroxylation is 2. The fourth-order valence-corrected chi connectivity index (χ4v) is 2.14. The maximum absolute atomic E-state index is 13.1. The molecule has 110 valence electrons. The summed E-state index contributed by atoms with van der Waals surface area (Å²) in [4.78, 5) is 3.66. The van der Waals surface area contributed by atoms with Crippen LogP contribution in [0.3, 0.4) is 0 Å². The first-order chi connectivity index (χ1) is 9.95. The topological polar surface area (TPSA) is 74.5 Å². The largest absolute Gasteiger partial charge is 0.449 e. The Morgan fingerprint density at radius 3 is 2.67 bits per heavy atom. The van der Waals surface area contributed by atoms with Crippen molar-refractivity contribution in [2.75, 3.05) is 5.73 Å². The lowest BCUT2D eigenvalue weighted by atomic mass is 10.3. The Kier molecular flexibility index (Phi) is 3.04. The summed E-state index contributed by atoms with van der Waals surface area (Å²) >= 11 is 0. The molecule has 0 aliphatic carbocycles. The molecular formula is C12H11F3N6. The van der Waals surface area contributed by atoms with Gasteiger partial charge in [0.2, 0.25) is 5.82 Å². The summed E-state index contributed by atoms with van der Waals surface area (Å²) in [5.74, 6) is -0.941. The molecule has 0 unspecified atom stereocenters. The lowest BCUT2D eigenvalue weighted by molar-refractivity contribution is -0.147. The second-order valence-electron chi connectivity index (χ2n) is 4.50. The van der Waals surface area contributed by atoms with E-state index in [2.05, 4.69) is 15.3 Å². The van der Waals surface area contributed by atoms with Crippen LogP contribution in [-0.4, -0.2) is 24.5 Å². The second kappa shape index (κ2) is 4.76. The minimum Gasteiger partial charge on any atom is -0.399 e. The summed E-state index contributed by atoms with van der Waals surface area (Å²) in [5, 5.41) is 7.35. The van der Waals surface area contributed by atoms with E-state index in [-0.39, 0.29) is 18.6 Å². The van der Waals surface area contributed by atoms with E-state index in [1.54, 1.807) is 12.3 Å². The average molecular weight is 296 g/mol. The molecule has 0 saturated heterocycles. The number of fused-ring (bicyclic) bond motifs is 1. The first-order valence-corrected chi connectivity index (χ1v) is 6.12. The number of nitrogens with zero attached hydrogens (tertiary/aromatic N) is 5. The Hall–Kier alpha value is -2.58. The van der Waals surface area contributed by atoms with E-state index in [0.717, 1.165) is 4.57 Å². The van der Waals surface area contributed by atoms with Crippen molar-refractivity contribution in [3.8, 4) is 0 Å². The highest BCUT2D eigenvalue weighted by molar-refractivity contribution is 5.79. The van der Waals surface area contributed by atoms with Crippen molar-refractivity contribution in [1.29, 1.82) is 0 Å². The van der Waals surface area contributed by atoms with Gasteiger partial charge in [0.25, 0.3) is 0 Å². The van der Waals surface area contributed by atoms with E-state index in [0.29, 0.717) is 11.2 Å². The van der Waals surface area contributed by atoms with Crippen LogP contribution in [0, 0.1) is 0 Å². The summed E-state index contributed by atoms with van der Waals surface area (Å²) in [6, 6.07) is 4.51. The molecule has 0 fully saturated rings. The number of imidazole rings is 1. The quantitative estimate of drug-likeness (QED) is 0.749.